The molecular weight excluding hydrogens is 450 g/mol. The topological polar surface area (TPSA) is 105 Å². The van der Waals surface area contributed by atoms with Gasteiger partial charge in [-0.3, -0.25) is 9.59 Å². The van der Waals surface area contributed by atoms with Crippen LogP contribution in [0.5, 0.6) is 0 Å². The Balaban J connectivity index is 1.31. The highest BCUT2D eigenvalue weighted by Crippen LogP contribution is 2.51. The number of rotatable bonds is 4. The molecule has 178 valence electrons. The summed E-state index contributed by atoms with van der Waals surface area (Å²) >= 11 is 0. The van der Waals surface area contributed by atoms with Gasteiger partial charge >= 0.3 is 5.97 Å². The van der Waals surface area contributed by atoms with Crippen LogP contribution in [0, 0.1) is 6.92 Å². The molecule has 1 spiro atoms. The van der Waals surface area contributed by atoms with Gasteiger partial charge in [-0.05, 0) is 36.2 Å². The monoisotopic (exact) mass is 472 g/mol. The number of aliphatic carboxylic acids is 1. The molecule has 1 aliphatic carbocycles. The first kappa shape index (κ1) is 22.4. The van der Waals surface area contributed by atoms with Crippen molar-refractivity contribution in [3.8, 4) is 11.1 Å². The quantitative estimate of drug-likeness (QED) is 0.708. The highest BCUT2D eigenvalue weighted by molar-refractivity contribution is 5.99. The Bertz CT molecular complexity index is 1210. The number of halogens is 2. The second kappa shape index (κ2) is 7.85. The van der Waals surface area contributed by atoms with E-state index in [9.17, 15) is 28.3 Å². The summed E-state index contributed by atoms with van der Waals surface area (Å²) in [6.07, 6.45) is -0.0000628. The van der Waals surface area contributed by atoms with Crippen molar-refractivity contribution in [1.82, 2.24) is 10.2 Å². The van der Waals surface area contributed by atoms with Crippen LogP contribution >= 0.6 is 0 Å². The average molecular weight is 472 g/mol. The van der Waals surface area contributed by atoms with Crippen LogP contribution in [0.25, 0.3) is 11.1 Å². The van der Waals surface area contributed by atoms with Crippen molar-refractivity contribution in [1.29, 1.82) is 0 Å². The summed E-state index contributed by atoms with van der Waals surface area (Å²) in [6, 6.07) is 7.54. The van der Waals surface area contributed by atoms with E-state index in [4.69, 9.17) is 9.47 Å². The molecule has 2 heterocycles. The Morgan fingerprint density at radius 1 is 1.09 bits per heavy atom. The number of likely N-dealkylation sites (tertiary alicyclic amines) is 1. The van der Waals surface area contributed by atoms with Crippen molar-refractivity contribution >= 4 is 17.8 Å². The zero-order chi connectivity index (χ0) is 24.3. The molecule has 2 fully saturated rings. The van der Waals surface area contributed by atoms with E-state index in [-0.39, 0.29) is 35.2 Å². The smallest absolute Gasteiger partial charge is 0.326 e. The van der Waals surface area contributed by atoms with Crippen LogP contribution in [-0.2, 0) is 25.0 Å². The van der Waals surface area contributed by atoms with E-state index < -0.39 is 42.1 Å². The summed E-state index contributed by atoms with van der Waals surface area (Å²) in [5.74, 6) is -6.73. The first-order valence-corrected chi connectivity index (χ1v) is 10.8. The molecule has 0 saturated carbocycles. The SMILES string of the molecule is Cc1ccc2c(c1)C(F)(F)c1ccc(C(=O)NCC(=O)N3CC4(C[C@H]3C(=O)O)OCCO4)cc1-2. The highest BCUT2D eigenvalue weighted by Gasteiger charge is 2.52. The number of carbonyl (C=O) groups is 3. The van der Waals surface area contributed by atoms with Gasteiger partial charge in [0.25, 0.3) is 11.8 Å². The largest absolute Gasteiger partial charge is 0.480 e. The molecule has 0 aromatic heterocycles. The number of amides is 2. The highest BCUT2D eigenvalue weighted by atomic mass is 19.3. The lowest BCUT2D eigenvalue weighted by molar-refractivity contribution is -0.152. The molecule has 2 aliphatic heterocycles. The third kappa shape index (κ3) is 3.54. The predicted octanol–water partition coefficient (Wildman–Crippen LogP) is 2.27. The van der Waals surface area contributed by atoms with Crippen LogP contribution in [0.3, 0.4) is 0 Å². The second-order valence-electron chi connectivity index (χ2n) is 8.75. The van der Waals surface area contributed by atoms with Crippen LogP contribution in [0.4, 0.5) is 8.78 Å². The molecule has 2 aromatic carbocycles. The lowest BCUT2D eigenvalue weighted by Gasteiger charge is -2.23. The van der Waals surface area contributed by atoms with Crippen molar-refractivity contribution < 1.29 is 37.7 Å². The van der Waals surface area contributed by atoms with Crippen molar-refractivity contribution in [2.75, 3.05) is 26.3 Å². The molecule has 0 bridgehead atoms. The maximum atomic E-state index is 14.9. The van der Waals surface area contributed by atoms with E-state index in [1.807, 2.05) is 0 Å². The maximum absolute atomic E-state index is 14.9. The normalized spacial score (nSPS) is 21.4. The minimum Gasteiger partial charge on any atom is -0.480 e. The van der Waals surface area contributed by atoms with Gasteiger partial charge in [0.2, 0.25) is 5.91 Å². The van der Waals surface area contributed by atoms with E-state index >= 15 is 0 Å². The summed E-state index contributed by atoms with van der Waals surface area (Å²) in [6.45, 7) is 1.85. The Morgan fingerprint density at radius 3 is 2.53 bits per heavy atom. The number of nitrogens with one attached hydrogen (secondary N) is 1. The van der Waals surface area contributed by atoms with Crippen LogP contribution < -0.4 is 5.32 Å². The minimum absolute atomic E-state index is 0.0000628. The van der Waals surface area contributed by atoms with Crippen LogP contribution in [0.2, 0.25) is 0 Å². The van der Waals surface area contributed by atoms with Gasteiger partial charge in [-0.1, -0.05) is 23.8 Å². The third-order valence-corrected chi connectivity index (χ3v) is 6.53. The molecule has 34 heavy (non-hydrogen) atoms. The number of hydrogen-bond acceptors (Lipinski definition) is 5. The molecule has 2 aromatic rings. The number of carboxylic acid groups (broad SMARTS) is 1. The lowest BCUT2D eigenvalue weighted by Crippen LogP contribution is -2.46. The molecule has 2 amide bonds. The summed E-state index contributed by atoms with van der Waals surface area (Å²) in [4.78, 5) is 38.2. The Labute approximate surface area is 193 Å². The van der Waals surface area contributed by atoms with Gasteiger partial charge in [-0.2, -0.15) is 8.78 Å². The zero-order valence-electron chi connectivity index (χ0n) is 18.3. The molecular formula is C24H22F2N2O6. The molecule has 8 nitrogen and oxygen atoms in total. The Hall–Kier alpha value is -3.37. The summed E-state index contributed by atoms with van der Waals surface area (Å²) < 4.78 is 40.8. The van der Waals surface area contributed by atoms with Gasteiger partial charge < -0.3 is 24.8 Å². The van der Waals surface area contributed by atoms with Gasteiger partial charge in [-0.15, -0.1) is 0 Å². The molecule has 0 unspecified atom stereocenters. The van der Waals surface area contributed by atoms with Crippen molar-refractivity contribution in [3.63, 3.8) is 0 Å². The van der Waals surface area contributed by atoms with Crippen molar-refractivity contribution in [3.05, 3.63) is 58.7 Å². The molecule has 10 heteroatoms. The molecule has 2 saturated heterocycles. The van der Waals surface area contributed by atoms with Crippen LogP contribution in [0.15, 0.2) is 36.4 Å². The average Bonchev–Trinajstić information content (AvgIpc) is 3.48. The van der Waals surface area contributed by atoms with Gasteiger partial charge in [0.15, 0.2) is 5.79 Å². The predicted molar refractivity (Wildman–Crippen MR) is 114 cm³/mol. The second-order valence-corrected chi connectivity index (χ2v) is 8.75. The van der Waals surface area contributed by atoms with Gasteiger partial charge in [0.1, 0.15) is 6.04 Å². The minimum atomic E-state index is -3.16. The van der Waals surface area contributed by atoms with Gasteiger partial charge in [-0.25, -0.2) is 4.79 Å². The fourth-order valence-corrected chi connectivity index (χ4v) is 4.87. The standard InChI is InChI=1S/C24H22F2N2O6/c1-13-2-4-15-16-9-14(3-5-17(16)24(25,26)18(15)8-13)21(30)27-11-20(29)28-12-23(33-6-7-34-23)10-19(28)22(31)32/h2-5,8-9,19H,6-7,10-12H2,1H3,(H,27,30)(H,31,32)/t19-/m0/s1. The molecule has 0 radical (unpaired) electrons. The number of alkyl halides is 2. The molecule has 1 atom stereocenters. The van der Waals surface area contributed by atoms with Crippen LogP contribution in [-0.4, -0.2) is 65.9 Å². The van der Waals surface area contributed by atoms with E-state index in [1.165, 1.54) is 24.3 Å². The maximum Gasteiger partial charge on any atom is 0.326 e. The summed E-state index contributed by atoms with van der Waals surface area (Å²) in [5, 5.41) is 12.0. The van der Waals surface area contributed by atoms with E-state index in [0.717, 1.165) is 4.90 Å². The van der Waals surface area contributed by atoms with E-state index in [0.29, 0.717) is 24.3 Å². The first-order chi connectivity index (χ1) is 16.1. The summed E-state index contributed by atoms with van der Waals surface area (Å²) in [5.41, 5.74) is 1.17. The van der Waals surface area contributed by atoms with E-state index in [2.05, 4.69) is 5.32 Å². The summed E-state index contributed by atoms with van der Waals surface area (Å²) in [7, 11) is 0. The van der Waals surface area contributed by atoms with E-state index in [1.54, 1.807) is 19.1 Å². The number of fused-ring (bicyclic) bond motifs is 3. The molecule has 5 rings (SSSR count). The number of aryl methyl sites for hydroxylation is 1. The number of benzene rings is 2. The van der Waals surface area contributed by atoms with Crippen LogP contribution in [0.1, 0.15) is 33.5 Å². The fourth-order valence-electron chi connectivity index (χ4n) is 4.87. The van der Waals surface area contributed by atoms with Gasteiger partial charge in [0.05, 0.1) is 26.3 Å². The van der Waals surface area contributed by atoms with Crippen molar-refractivity contribution in [2.45, 2.75) is 31.1 Å². The van der Waals surface area contributed by atoms with Gasteiger partial charge in [0, 0.05) is 23.1 Å². The fraction of sp³-hybridized carbons (Fsp3) is 0.375. The number of ether oxygens (including phenoxy) is 2. The number of carbonyl (C=O) groups excluding carboxylic acids is 2. The number of hydrogen-bond donors (Lipinski definition) is 2. The zero-order valence-corrected chi connectivity index (χ0v) is 18.3. The number of carboxylic acids is 1. The third-order valence-electron chi connectivity index (χ3n) is 6.53. The number of nitrogens with zero attached hydrogens (tertiary/aromatic N) is 1. The molecule has 3 aliphatic rings. The van der Waals surface area contributed by atoms with Crippen molar-refractivity contribution in [2.24, 2.45) is 0 Å². The first-order valence-electron chi connectivity index (χ1n) is 10.8. The Kier molecular flexibility index (Phi) is 5.18. The lowest BCUT2D eigenvalue weighted by atomic mass is 10.0. The Morgan fingerprint density at radius 2 is 1.82 bits per heavy atom. The molecule has 2 N–H and O–H groups in total.